The Morgan fingerprint density at radius 2 is 1.92 bits per heavy atom. The van der Waals surface area contributed by atoms with Crippen molar-refractivity contribution in [3.05, 3.63) is 70.2 Å². The van der Waals surface area contributed by atoms with Crippen molar-refractivity contribution in [3.63, 3.8) is 0 Å². The number of nitrogen functional groups attached to an aromatic ring is 1. The summed E-state index contributed by atoms with van der Waals surface area (Å²) in [5.41, 5.74) is 7.42. The van der Waals surface area contributed by atoms with E-state index in [0.29, 0.717) is 17.7 Å². The molecule has 1 atom stereocenters. The number of anilines is 1. The Labute approximate surface area is 204 Å². The predicted octanol–water partition coefficient (Wildman–Crippen LogP) is 3.52. The zero-order valence-corrected chi connectivity index (χ0v) is 20.1. The number of nitro groups is 1. The van der Waals surface area contributed by atoms with Crippen LogP contribution in [0.15, 0.2) is 53.2 Å². The van der Waals surface area contributed by atoms with E-state index in [9.17, 15) is 14.7 Å². The molecule has 0 aliphatic heterocycles. The van der Waals surface area contributed by atoms with Gasteiger partial charge >= 0.3 is 13.5 Å². The first kappa shape index (κ1) is 25.3. The van der Waals surface area contributed by atoms with Crippen LogP contribution in [-0.4, -0.2) is 44.5 Å². The highest BCUT2D eigenvalue weighted by molar-refractivity contribution is 7.53. The predicted molar refractivity (Wildman–Crippen MR) is 126 cm³/mol. The van der Waals surface area contributed by atoms with Crippen LogP contribution >= 0.6 is 7.60 Å². The molecule has 3 heterocycles. The van der Waals surface area contributed by atoms with Gasteiger partial charge in [0.1, 0.15) is 23.6 Å². The molecule has 0 saturated heterocycles. The highest BCUT2D eigenvalue weighted by Crippen LogP contribution is 2.49. The molecular formula is C21H23N6O8P. The lowest BCUT2D eigenvalue weighted by Gasteiger charge is -2.18. The maximum absolute atomic E-state index is 13.4. The number of aromatic nitrogens is 4. The Hall–Kier alpha value is -3.84. The van der Waals surface area contributed by atoms with E-state index in [1.807, 2.05) is 30.3 Å². The van der Waals surface area contributed by atoms with E-state index in [-0.39, 0.29) is 43.8 Å². The summed E-state index contributed by atoms with van der Waals surface area (Å²) in [7, 11) is -2.33. The summed E-state index contributed by atoms with van der Waals surface area (Å²) in [6.45, 7) is 0.137. The lowest BCUT2D eigenvalue weighted by Crippen LogP contribution is -2.10. The summed E-state index contributed by atoms with van der Waals surface area (Å²) in [4.78, 5) is 22.6. The van der Waals surface area contributed by atoms with Crippen LogP contribution in [0.4, 0.5) is 11.8 Å². The first-order valence-electron chi connectivity index (χ1n) is 10.6. The summed E-state index contributed by atoms with van der Waals surface area (Å²) in [5, 5.41) is 10.8. The van der Waals surface area contributed by atoms with Crippen LogP contribution < -0.4 is 10.5 Å². The normalized spacial score (nSPS) is 13.0. The number of imidazole rings is 1. The van der Waals surface area contributed by atoms with Crippen LogP contribution in [0.3, 0.4) is 0 Å². The van der Waals surface area contributed by atoms with Gasteiger partial charge in [0.25, 0.3) is 0 Å². The number of ether oxygens (including phenoxy) is 2. The second-order valence-corrected chi connectivity index (χ2v) is 9.38. The molecule has 0 fully saturated rings. The first-order chi connectivity index (χ1) is 17.4. The fraction of sp³-hybridized carbons (Fsp3) is 0.286. The highest BCUT2D eigenvalue weighted by Gasteiger charge is 2.27. The van der Waals surface area contributed by atoms with E-state index < -0.39 is 18.4 Å². The molecule has 2 N–H and O–H groups in total. The lowest BCUT2D eigenvalue weighted by molar-refractivity contribution is -0.402. The van der Waals surface area contributed by atoms with Gasteiger partial charge in [0, 0.05) is 6.54 Å². The van der Waals surface area contributed by atoms with Gasteiger partial charge in [-0.2, -0.15) is 9.97 Å². The fourth-order valence-electron chi connectivity index (χ4n) is 3.14. The summed E-state index contributed by atoms with van der Waals surface area (Å²) < 4.78 is 42.0. The largest absolute Gasteiger partial charge is 0.479 e. The van der Waals surface area contributed by atoms with Crippen molar-refractivity contribution in [2.24, 2.45) is 0 Å². The summed E-state index contributed by atoms with van der Waals surface area (Å²) in [5.74, 6) is -0.0326. The fourth-order valence-corrected chi connectivity index (χ4v) is 4.39. The molecular weight excluding hydrogens is 495 g/mol. The summed E-state index contributed by atoms with van der Waals surface area (Å²) in [6.07, 6.45) is 1.17. The van der Waals surface area contributed by atoms with Crippen LogP contribution in [0.2, 0.25) is 0 Å². The minimum Gasteiger partial charge on any atom is -0.479 e. The molecule has 0 aliphatic rings. The number of benzene rings is 1. The minimum absolute atomic E-state index is 0.0158. The van der Waals surface area contributed by atoms with Crippen molar-refractivity contribution in [1.29, 1.82) is 0 Å². The van der Waals surface area contributed by atoms with Gasteiger partial charge in [-0.25, -0.2) is 4.98 Å². The topological polar surface area (TPSA) is 180 Å². The van der Waals surface area contributed by atoms with Gasteiger partial charge in [-0.15, -0.1) is 0 Å². The zero-order chi connectivity index (χ0) is 25.5. The molecule has 0 bridgehead atoms. The maximum Gasteiger partial charge on any atom is 0.433 e. The lowest BCUT2D eigenvalue weighted by atomic mass is 10.2. The monoisotopic (exact) mass is 518 g/mol. The second-order valence-electron chi connectivity index (χ2n) is 7.38. The summed E-state index contributed by atoms with van der Waals surface area (Å²) in [6, 6.07) is 11.7. The van der Waals surface area contributed by atoms with E-state index in [2.05, 4.69) is 15.0 Å². The van der Waals surface area contributed by atoms with E-state index in [0.717, 1.165) is 5.56 Å². The molecule has 4 rings (SSSR count). The molecule has 14 nitrogen and oxygen atoms in total. The van der Waals surface area contributed by atoms with Gasteiger partial charge in [-0.05, 0) is 11.6 Å². The highest BCUT2D eigenvalue weighted by atomic mass is 31.2. The average Bonchev–Trinajstić information content (AvgIpc) is 3.52. The molecule has 1 unspecified atom stereocenters. The first-order valence-corrected chi connectivity index (χ1v) is 12.3. The third-order valence-electron chi connectivity index (χ3n) is 4.87. The number of hydrogen-bond donors (Lipinski definition) is 1. The van der Waals surface area contributed by atoms with E-state index in [1.165, 1.54) is 25.6 Å². The zero-order valence-electron chi connectivity index (χ0n) is 19.2. The Kier molecular flexibility index (Phi) is 7.90. The molecule has 36 heavy (non-hydrogen) atoms. The molecule has 0 radical (unpaired) electrons. The van der Waals surface area contributed by atoms with Gasteiger partial charge in [-0.1, -0.05) is 30.3 Å². The molecule has 0 saturated carbocycles. The molecule has 0 amide bonds. The van der Waals surface area contributed by atoms with Crippen LogP contribution in [-0.2, 0) is 38.1 Å². The molecule has 190 valence electrons. The van der Waals surface area contributed by atoms with Gasteiger partial charge < -0.3 is 28.7 Å². The third kappa shape index (κ3) is 6.23. The average molecular weight is 518 g/mol. The van der Waals surface area contributed by atoms with Gasteiger partial charge in [0.05, 0.1) is 32.7 Å². The van der Waals surface area contributed by atoms with Crippen LogP contribution in [0.5, 0.6) is 5.88 Å². The number of methoxy groups -OCH3 is 1. The quantitative estimate of drug-likeness (QED) is 0.118. The number of nitrogens with zero attached hydrogens (tertiary/aromatic N) is 5. The van der Waals surface area contributed by atoms with Crippen molar-refractivity contribution < 1.29 is 32.4 Å². The molecule has 0 spiro atoms. The van der Waals surface area contributed by atoms with Crippen LogP contribution in [0.25, 0.3) is 11.2 Å². The Morgan fingerprint density at radius 1 is 1.14 bits per heavy atom. The van der Waals surface area contributed by atoms with Crippen LogP contribution in [0, 0.1) is 10.1 Å². The number of nitrogens with two attached hydrogens (primary N) is 1. The standard InChI is InChI=1S/C21H23N6O8P/c1-31-20-18-19(24-21(22)25-20)26(13-23-18)9-10-32-14-36(30,33-11-15-5-3-2-4-6-15)34-12-16-7-8-17(35-16)27(28)29/h2-8,13H,9-12,14H2,1H3,(H2,22,24,25). The molecule has 1 aromatic carbocycles. The van der Waals surface area contributed by atoms with Crippen molar-refractivity contribution >= 4 is 30.6 Å². The number of hydrogen-bond acceptors (Lipinski definition) is 12. The number of fused-ring (bicyclic) bond motifs is 1. The molecule has 3 aromatic heterocycles. The van der Waals surface area contributed by atoms with E-state index in [4.69, 9.17) is 28.7 Å². The third-order valence-corrected chi connectivity index (χ3v) is 6.41. The van der Waals surface area contributed by atoms with Gasteiger partial charge in [0.2, 0.25) is 11.8 Å². The number of rotatable bonds is 13. The van der Waals surface area contributed by atoms with Crippen molar-refractivity contribution in [1.82, 2.24) is 19.5 Å². The van der Waals surface area contributed by atoms with Gasteiger partial charge in [-0.3, -0.25) is 19.2 Å². The van der Waals surface area contributed by atoms with Crippen molar-refractivity contribution in [2.75, 3.05) is 25.8 Å². The molecule has 0 aliphatic carbocycles. The minimum atomic E-state index is -3.78. The van der Waals surface area contributed by atoms with Gasteiger partial charge in [0.15, 0.2) is 11.2 Å². The Balaban J connectivity index is 1.39. The van der Waals surface area contributed by atoms with E-state index >= 15 is 0 Å². The summed E-state index contributed by atoms with van der Waals surface area (Å²) >= 11 is 0. The second kappa shape index (κ2) is 11.3. The smallest absolute Gasteiger partial charge is 0.433 e. The number of furan rings is 1. The van der Waals surface area contributed by atoms with Crippen molar-refractivity contribution in [3.8, 4) is 5.88 Å². The maximum atomic E-state index is 13.4. The van der Waals surface area contributed by atoms with Crippen LogP contribution in [0.1, 0.15) is 11.3 Å². The SMILES string of the molecule is COc1nc(N)nc2c1ncn2CCOCP(=O)(OCc1ccccc1)OCc1ccc([N+](=O)[O-])o1. The van der Waals surface area contributed by atoms with Crippen molar-refractivity contribution in [2.45, 2.75) is 19.8 Å². The van der Waals surface area contributed by atoms with E-state index in [1.54, 1.807) is 4.57 Å². The Morgan fingerprint density at radius 3 is 2.64 bits per heavy atom. The Bertz CT molecular complexity index is 1380. The molecule has 15 heteroatoms. The molecule has 4 aromatic rings.